The highest BCUT2D eigenvalue weighted by atomic mass is 79.9. The van der Waals surface area contributed by atoms with Crippen molar-refractivity contribution in [2.24, 2.45) is 0 Å². The van der Waals surface area contributed by atoms with Crippen molar-refractivity contribution < 1.29 is 31.5 Å². The van der Waals surface area contributed by atoms with Gasteiger partial charge in [0.05, 0.1) is 4.88 Å². The van der Waals surface area contributed by atoms with Crippen molar-refractivity contribution in [3.05, 3.63) is 79.9 Å². The van der Waals surface area contributed by atoms with Crippen LogP contribution >= 0.6 is 27.3 Å². The highest BCUT2D eigenvalue weighted by Gasteiger charge is 2.21. The minimum absolute atomic E-state index is 0.0937. The van der Waals surface area contributed by atoms with Crippen LogP contribution < -0.4 is 4.74 Å². The van der Waals surface area contributed by atoms with Crippen molar-refractivity contribution in [1.82, 2.24) is 0 Å². The maximum Gasteiger partial charge on any atom is 0.203 e. The van der Waals surface area contributed by atoms with Crippen LogP contribution in [0.3, 0.4) is 0 Å². The van der Waals surface area contributed by atoms with Crippen molar-refractivity contribution in [2.45, 2.75) is 6.61 Å². The first-order chi connectivity index (χ1) is 12.8. The Kier molecular flexibility index (Phi) is 5.81. The molecule has 27 heavy (non-hydrogen) atoms. The van der Waals surface area contributed by atoms with Gasteiger partial charge in [-0.2, -0.15) is 8.78 Å². The number of ether oxygens (including phenoxy) is 1. The zero-order valence-corrected chi connectivity index (χ0v) is 15.7. The van der Waals surface area contributed by atoms with Crippen molar-refractivity contribution in [3.63, 3.8) is 0 Å². The summed E-state index contributed by atoms with van der Waals surface area (Å²) in [4.78, 5) is 12.5. The standard InChI is InChI=1S/C18H9BrF4O3S/c19-9-5-15(27-8-9)14(24)4-3-10-1-2-11(26-10)7-25-18-16(22)12(20)6-13(21)17(18)23/h1-6,8H,7H2/b4-3+. The third-order valence-corrected chi connectivity index (χ3v) is 5.03. The number of furan rings is 1. The van der Waals surface area contributed by atoms with Crippen LogP contribution in [-0.2, 0) is 6.61 Å². The van der Waals surface area contributed by atoms with Crippen molar-refractivity contribution in [3.8, 4) is 5.75 Å². The zero-order valence-electron chi connectivity index (χ0n) is 13.3. The van der Waals surface area contributed by atoms with E-state index in [0.717, 1.165) is 4.47 Å². The Morgan fingerprint density at radius 3 is 2.48 bits per heavy atom. The molecule has 0 aliphatic heterocycles. The van der Waals surface area contributed by atoms with Crippen molar-refractivity contribution >= 4 is 39.1 Å². The first-order valence-electron chi connectivity index (χ1n) is 7.36. The van der Waals surface area contributed by atoms with E-state index in [-0.39, 0.29) is 17.6 Å². The van der Waals surface area contributed by atoms with Gasteiger partial charge in [0.25, 0.3) is 0 Å². The van der Waals surface area contributed by atoms with Gasteiger partial charge in [-0.25, -0.2) is 8.78 Å². The molecule has 0 radical (unpaired) electrons. The molecule has 0 aliphatic rings. The fourth-order valence-electron chi connectivity index (χ4n) is 2.07. The van der Waals surface area contributed by atoms with E-state index in [2.05, 4.69) is 15.9 Å². The van der Waals surface area contributed by atoms with E-state index in [0.29, 0.717) is 10.6 Å². The summed E-state index contributed by atoms with van der Waals surface area (Å²) >= 11 is 4.53. The number of thiophene rings is 1. The third kappa shape index (κ3) is 4.48. The van der Waals surface area contributed by atoms with Crippen LogP contribution in [0.15, 0.2) is 44.6 Å². The summed E-state index contributed by atoms with van der Waals surface area (Å²) < 4.78 is 64.3. The molecule has 0 atom stereocenters. The molecular formula is C18H9BrF4O3S. The van der Waals surface area contributed by atoms with E-state index in [1.807, 2.05) is 0 Å². The average molecular weight is 461 g/mol. The number of carbonyl (C=O) groups is 1. The van der Waals surface area contributed by atoms with Crippen LogP contribution in [0.5, 0.6) is 5.75 Å². The highest BCUT2D eigenvalue weighted by molar-refractivity contribution is 9.10. The summed E-state index contributed by atoms with van der Waals surface area (Å²) in [6.07, 6.45) is 2.73. The van der Waals surface area contributed by atoms with E-state index in [1.54, 1.807) is 11.4 Å². The lowest BCUT2D eigenvalue weighted by Crippen LogP contribution is -2.03. The van der Waals surface area contributed by atoms with Crippen LogP contribution in [0.25, 0.3) is 6.08 Å². The normalized spacial score (nSPS) is 11.3. The van der Waals surface area contributed by atoms with E-state index in [1.165, 1.54) is 35.6 Å². The first-order valence-corrected chi connectivity index (χ1v) is 9.03. The lowest BCUT2D eigenvalue weighted by atomic mass is 10.3. The molecule has 2 aromatic heterocycles. The van der Waals surface area contributed by atoms with Gasteiger partial charge in [-0.15, -0.1) is 11.3 Å². The third-order valence-electron chi connectivity index (χ3n) is 3.32. The summed E-state index contributed by atoms with van der Waals surface area (Å²) in [5, 5.41) is 1.77. The predicted molar refractivity (Wildman–Crippen MR) is 94.7 cm³/mol. The lowest BCUT2D eigenvalue weighted by molar-refractivity contribution is 0.105. The molecule has 9 heteroatoms. The van der Waals surface area contributed by atoms with Gasteiger partial charge in [-0.1, -0.05) is 0 Å². The number of ketones is 1. The lowest BCUT2D eigenvalue weighted by Gasteiger charge is -2.08. The summed E-state index contributed by atoms with van der Waals surface area (Å²) in [7, 11) is 0. The van der Waals surface area contributed by atoms with Gasteiger partial charge >= 0.3 is 0 Å². The number of rotatable bonds is 6. The molecule has 0 N–H and O–H groups in total. The Labute approximate surface area is 163 Å². The van der Waals surface area contributed by atoms with Crippen LogP contribution in [-0.4, -0.2) is 5.78 Å². The summed E-state index contributed by atoms with van der Waals surface area (Å²) in [6, 6.07) is 4.72. The fraction of sp³-hybridized carbons (Fsp3) is 0.0556. The Bertz CT molecular complexity index is 1000. The van der Waals surface area contributed by atoms with E-state index < -0.39 is 35.6 Å². The second-order valence-corrected chi connectivity index (χ2v) is 7.04. The number of halogens is 5. The molecule has 3 aromatic rings. The summed E-state index contributed by atoms with van der Waals surface area (Å²) in [5.41, 5.74) is 0. The van der Waals surface area contributed by atoms with Crippen molar-refractivity contribution in [1.29, 1.82) is 0 Å². The molecule has 0 fully saturated rings. The second kappa shape index (κ2) is 8.10. The molecule has 0 saturated heterocycles. The van der Waals surface area contributed by atoms with Gasteiger partial charge in [0.2, 0.25) is 11.6 Å². The fourth-order valence-corrected chi connectivity index (χ4v) is 3.41. The maximum absolute atomic E-state index is 13.5. The van der Waals surface area contributed by atoms with E-state index in [4.69, 9.17) is 9.15 Å². The molecule has 140 valence electrons. The van der Waals surface area contributed by atoms with Gasteiger partial charge < -0.3 is 9.15 Å². The van der Waals surface area contributed by atoms with Gasteiger partial charge in [0.15, 0.2) is 23.2 Å². The molecule has 0 amide bonds. The molecule has 0 unspecified atom stereocenters. The summed E-state index contributed by atoms with van der Waals surface area (Å²) in [6.45, 7) is -0.462. The zero-order chi connectivity index (χ0) is 19.6. The Morgan fingerprint density at radius 1 is 1.15 bits per heavy atom. The van der Waals surface area contributed by atoms with Crippen LogP contribution in [0.4, 0.5) is 17.6 Å². The number of hydrogen-bond donors (Lipinski definition) is 0. The second-order valence-electron chi connectivity index (χ2n) is 5.22. The minimum atomic E-state index is -1.63. The molecule has 2 heterocycles. The number of carbonyl (C=O) groups excluding carboxylic acids is 1. The largest absolute Gasteiger partial charge is 0.479 e. The van der Waals surface area contributed by atoms with Gasteiger partial charge in [-0.3, -0.25) is 4.79 Å². The topological polar surface area (TPSA) is 39.4 Å². The average Bonchev–Trinajstić information content (AvgIpc) is 3.27. The van der Waals surface area contributed by atoms with Gasteiger partial charge in [0.1, 0.15) is 18.1 Å². The number of benzene rings is 1. The highest BCUT2D eigenvalue weighted by Crippen LogP contribution is 2.27. The molecule has 0 aliphatic carbocycles. The SMILES string of the molecule is O=C(/C=C/c1ccc(COc2c(F)c(F)cc(F)c2F)o1)c1cc(Br)cs1. The molecular weight excluding hydrogens is 452 g/mol. The van der Waals surface area contributed by atoms with Gasteiger partial charge in [-0.05, 0) is 46.3 Å². The number of hydrogen-bond acceptors (Lipinski definition) is 4. The monoisotopic (exact) mass is 460 g/mol. The number of allylic oxidation sites excluding steroid dienone is 1. The summed E-state index contributed by atoms with van der Waals surface area (Å²) in [5.74, 6) is -7.34. The van der Waals surface area contributed by atoms with Crippen LogP contribution in [0.2, 0.25) is 0 Å². The molecule has 1 aromatic carbocycles. The minimum Gasteiger partial charge on any atom is -0.479 e. The Balaban J connectivity index is 1.67. The molecule has 0 bridgehead atoms. The van der Waals surface area contributed by atoms with Gasteiger partial charge in [0, 0.05) is 15.9 Å². The van der Waals surface area contributed by atoms with Crippen LogP contribution in [0.1, 0.15) is 21.2 Å². The first kappa shape index (κ1) is 19.4. The maximum atomic E-state index is 13.5. The van der Waals surface area contributed by atoms with Crippen LogP contribution in [0, 0.1) is 23.3 Å². The molecule has 0 saturated carbocycles. The molecule has 3 nitrogen and oxygen atoms in total. The van der Waals surface area contributed by atoms with Crippen molar-refractivity contribution in [2.75, 3.05) is 0 Å². The van der Waals surface area contributed by atoms with E-state index >= 15 is 0 Å². The molecule has 3 rings (SSSR count). The predicted octanol–water partition coefficient (Wildman–Crippen LogP) is 6.14. The smallest absolute Gasteiger partial charge is 0.203 e. The Hall–Kier alpha value is -2.39. The Morgan fingerprint density at radius 2 is 1.85 bits per heavy atom. The molecule has 0 spiro atoms. The van der Waals surface area contributed by atoms with E-state index in [9.17, 15) is 22.4 Å². The quantitative estimate of drug-likeness (QED) is 0.192.